The van der Waals surface area contributed by atoms with Crippen LogP contribution in [0.3, 0.4) is 0 Å². The van der Waals surface area contributed by atoms with Crippen LogP contribution in [0.25, 0.3) is 0 Å². The van der Waals surface area contributed by atoms with E-state index < -0.39 is 17.7 Å². The maximum Gasteiger partial charge on any atom is 0.216 e. The zero-order chi connectivity index (χ0) is 15.2. The molecule has 2 rings (SSSR count). The summed E-state index contributed by atoms with van der Waals surface area (Å²) < 4.78 is 32.0. The van der Waals surface area contributed by atoms with Gasteiger partial charge in [-0.3, -0.25) is 0 Å². The summed E-state index contributed by atoms with van der Waals surface area (Å²) in [5.41, 5.74) is 1.07. The Bertz CT molecular complexity index is 587. The van der Waals surface area contributed by atoms with Gasteiger partial charge in [0.1, 0.15) is 18.0 Å². The molecule has 0 amide bonds. The van der Waals surface area contributed by atoms with Crippen LogP contribution in [0.15, 0.2) is 30.6 Å². The summed E-state index contributed by atoms with van der Waals surface area (Å²) in [6.45, 7) is 2.70. The minimum atomic E-state index is -0.616. The average molecular weight is 293 g/mol. The van der Waals surface area contributed by atoms with Crippen LogP contribution < -0.4 is 10.1 Å². The summed E-state index contributed by atoms with van der Waals surface area (Å²) in [5, 5.41) is 3.23. The molecule has 112 valence electrons. The van der Waals surface area contributed by atoms with E-state index in [0.717, 1.165) is 12.5 Å². The fourth-order valence-corrected chi connectivity index (χ4v) is 2.05. The predicted molar refractivity (Wildman–Crippen MR) is 75.1 cm³/mol. The maximum absolute atomic E-state index is 13.4. The molecule has 0 aliphatic rings. The molecule has 0 fully saturated rings. The third kappa shape index (κ3) is 3.95. The second kappa shape index (κ2) is 7.08. The van der Waals surface area contributed by atoms with E-state index in [9.17, 15) is 8.78 Å². The highest BCUT2D eigenvalue weighted by Crippen LogP contribution is 2.24. The molecular formula is C15H17F2N3O. The fourth-order valence-electron chi connectivity index (χ4n) is 2.05. The molecule has 0 aliphatic heterocycles. The highest BCUT2D eigenvalue weighted by Gasteiger charge is 2.17. The Balaban J connectivity index is 2.41. The van der Waals surface area contributed by atoms with Crippen LogP contribution in [0.1, 0.15) is 30.6 Å². The zero-order valence-electron chi connectivity index (χ0n) is 11.9. The molecule has 0 radical (unpaired) electrons. The molecule has 1 atom stereocenters. The number of rotatable bonds is 6. The van der Waals surface area contributed by atoms with Gasteiger partial charge < -0.3 is 10.1 Å². The summed E-state index contributed by atoms with van der Waals surface area (Å²) in [4.78, 5) is 8.12. The van der Waals surface area contributed by atoms with Gasteiger partial charge in [0.15, 0.2) is 0 Å². The van der Waals surface area contributed by atoms with Gasteiger partial charge in [-0.1, -0.05) is 6.92 Å². The standard InChI is InChI=1S/C15H17F2N3O/c1-3-4-18-15(10-5-11(16)7-12(17)6-10)13-8-14(21-2)20-9-19-13/h5-9,15,18H,3-4H2,1-2H3. The van der Waals surface area contributed by atoms with Gasteiger partial charge in [0.2, 0.25) is 5.88 Å². The minimum Gasteiger partial charge on any atom is -0.481 e. The van der Waals surface area contributed by atoms with Gasteiger partial charge in [0.25, 0.3) is 0 Å². The number of aromatic nitrogens is 2. The number of hydrogen-bond donors (Lipinski definition) is 1. The number of nitrogens with one attached hydrogen (secondary N) is 1. The summed E-state index contributed by atoms with van der Waals surface area (Å²) in [6.07, 6.45) is 2.25. The van der Waals surface area contributed by atoms with E-state index in [2.05, 4.69) is 15.3 Å². The van der Waals surface area contributed by atoms with Crippen LogP contribution in [-0.4, -0.2) is 23.6 Å². The molecule has 4 nitrogen and oxygen atoms in total. The zero-order valence-corrected chi connectivity index (χ0v) is 11.9. The normalized spacial score (nSPS) is 12.2. The molecule has 6 heteroatoms. The Morgan fingerprint density at radius 1 is 1.14 bits per heavy atom. The Kier molecular flexibility index (Phi) is 5.16. The van der Waals surface area contributed by atoms with Gasteiger partial charge >= 0.3 is 0 Å². The lowest BCUT2D eigenvalue weighted by molar-refractivity contribution is 0.394. The van der Waals surface area contributed by atoms with Gasteiger partial charge in [0, 0.05) is 12.1 Å². The van der Waals surface area contributed by atoms with E-state index in [0.29, 0.717) is 23.7 Å². The monoisotopic (exact) mass is 293 g/mol. The number of hydrogen-bond acceptors (Lipinski definition) is 4. The molecule has 1 N–H and O–H groups in total. The second-order valence-electron chi connectivity index (χ2n) is 4.58. The number of halogens is 2. The first kappa shape index (κ1) is 15.3. The van der Waals surface area contributed by atoms with Crippen molar-refractivity contribution in [2.75, 3.05) is 13.7 Å². The number of nitrogens with zero attached hydrogens (tertiary/aromatic N) is 2. The van der Waals surface area contributed by atoms with Crippen molar-refractivity contribution in [1.82, 2.24) is 15.3 Å². The SMILES string of the molecule is CCCNC(c1cc(F)cc(F)c1)c1cc(OC)ncn1. The van der Waals surface area contributed by atoms with Gasteiger partial charge in [-0.05, 0) is 30.7 Å². The Morgan fingerprint density at radius 3 is 2.48 bits per heavy atom. The molecule has 21 heavy (non-hydrogen) atoms. The molecule has 0 saturated carbocycles. The third-order valence-corrected chi connectivity index (χ3v) is 2.98. The smallest absolute Gasteiger partial charge is 0.216 e. The van der Waals surface area contributed by atoms with E-state index in [1.165, 1.54) is 25.6 Å². The van der Waals surface area contributed by atoms with E-state index in [1.54, 1.807) is 6.07 Å². The van der Waals surface area contributed by atoms with E-state index >= 15 is 0 Å². The van der Waals surface area contributed by atoms with Crippen LogP contribution in [0, 0.1) is 11.6 Å². The van der Waals surface area contributed by atoms with E-state index in [1.807, 2.05) is 6.92 Å². The molecule has 0 spiro atoms. The van der Waals surface area contributed by atoms with Crippen molar-refractivity contribution in [3.05, 3.63) is 53.5 Å². The fraction of sp³-hybridized carbons (Fsp3) is 0.333. The summed E-state index contributed by atoms with van der Waals surface area (Å²) in [6, 6.07) is 4.67. The van der Waals surface area contributed by atoms with Crippen molar-refractivity contribution in [1.29, 1.82) is 0 Å². The molecular weight excluding hydrogens is 276 g/mol. The molecule has 2 aromatic rings. The van der Waals surface area contributed by atoms with Crippen molar-refractivity contribution in [2.24, 2.45) is 0 Å². The number of ether oxygens (including phenoxy) is 1. The van der Waals surface area contributed by atoms with Crippen LogP contribution in [0.5, 0.6) is 5.88 Å². The first-order valence-electron chi connectivity index (χ1n) is 6.69. The molecule has 0 saturated heterocycles. The Labute approximate surface area is 122 Å². The van der Waals surface area contributed by atoms with Crippen molar-refractivity contribution in [3.8, 4) is 5.88 Å². The lowest BCUT2D eigenvalue weighted by Crippen LogP contribution is -2.24. The van der Waals surface area contributed by atoms with E-state index in [4.69, 9.17) is 4.74 Å². The Morgan fingerprint density at radius 2 is 1.86 bits per heavy atom. The Hall–Kier alpha value is -2.08. The highest BCUT2D eigenvalue weighted by molar-refractivity contribution is 5.30. The predicted octanol–water partition coefficient (Wildman–Crippen LogP) is 2.85. The molecule has 1 aromatic heterocycles. The van der Waals surface area contributed by atoms with E-state index in [-0.39, 0.29) is 0 Å². The summed E-state index contributed by atoms with van der Waals surface area (Å²) in [5.74, 6) is -0.830. The molecule has 1 aromatic carbocycles. The van der Waals surface area contributed by atoms with Gasteiger partial charge in [-0.25, -0.2) is 18.7 Å². The van der Waals surface area contributed by atoms with Gasteiger partial charge in [0.05, 0.1) is 18.8 Å². The van der Waals surface area contributed by atoms with Crippen LogP contribution >= 0.6 is 0 Å². The molecule has 1 unspecified atom stereocenters. The van der Waals surface area contributed by atoms with Gasteiger partial charge in [-0.15, -0.1) is 0 Å². The third-order valence-electron chi connectivity index (χ3n) is 2.98. The lowest BCUT2D eigenvalue weighted by atomic mass is 10.0. The second-order valence-corrected chi connectivity index (χ2v) is 4.58. The van der Waals surface area contributed by atoms with Gasteiger partial charge in [-0.2, -0.15) is 0 Å². The van der Waals surface area contributed by atoms with Crippen molar-refractivity contribution >= 4 is 0 Å². The van der Waals surface area contributed by atoms with Crippen molar-refractivity contribution in [2.45, 2.75) is 19.4 Å². The van der Waals surface area contributed by atoms with Crippen molar-refractivity contribution < 1.29 is 13.5 Å². The number of benzene rings is 1. The minimum absolute atomic E-state index is 0.403. The molecule has 0 aliphatic carbocycles. The first-order chi connectivity index (χ1) is 10.1. The van der Waals surface area contributed by atoms with Crippen LogP contribution in [0.4, 0.5) is 8.78 Å². The van der Waals surface area contributed by atoms with Crippen molar-refractivity contribution in [3.63, 3.8) is 0 Å². The lowest BCUT2D eigenvalue weighted by Gasteiger charge is -2.19. The molecule has 0 bridgehead atoms. The first-order valence-corrected chi connectivity index (χ1v) is 6.69. The maximum atomic E-state index is 13.4. The largest absolute Gasteiger partial charge is 0.481 e. The summed E-state index contributed by atoms with van der Waals surface area (Å²) >= 11 is 0. The average Bonchev–Trinajstić information content (AvgIpc) is 2.47. The summed E-state index contributed by atoms with van der Waals surface area (Å²) in [7, 11) is 1.50. The van der Waals surface area contributed by atoms with Crippen LogP contribution in [0.2, 0.25) is 0 Å². The highest BCUT2D eigenvalue weighted by atomic mass is 19.1. The number of methoxy groups -OCH3 is 1. The topological polar surface area (TPSA) is 47.0 Å². The quantitative estimate of drug-likeness (QED) is 0.889. The molecule has 1 heterocycles. The van der Waals surface area contributed by atoms with Crippen LogP contribution in [-0.2, 0) is 0 Å².